The van der Waals surface area contributed by atoms with Crippen molar-refractivity contribution in [2.24, 2.45) is 0 Å². The quantitative estimate of drug-likeness (QED) is 0.870. The zero-order chi connectivity index (χ0) is 16.2. The minimum Gasteiger partial charge on any atom is -0.299 e. The van der Waals surface area contributed by atoms with Crippen molar-refractivity contribution in [3.63, 3.8) is 0 Å². The van der Waals surface area contributed by atoms with E-state index in [0.717, 1.165) is 12.3 Å². The largest absolute Gasteiger partial charge is 0.417 e. The molecule has 0 fully saturated rings. The second kappa shape index (κ2) is 6.39. The van der Waals surface area contributed by atoms with Crippen LogP contribution in [-0.2, 0) is 23.8 Å². The normalized spacial score (nSPS) is 11.0. The van der Waals surface area contributed by atoms with Gasteiger partial charge in [0.15, 0.2) is 0 Å². The van der Waals surface area contributed by atoms with E-state index in [4.69, 9.17) is 5.26 Å². The molecule has 2 aromatic rings. The van der Waals surface area contributed by atoms with Crippen LogP contribution in [0.15, 0.2) is 42.6 Å². The van der Waals surface area contributed by atoms with Gasteiger partial charge in [0.05, 0.1) is 17.2 Å². The zero-order valence-corrected chi connectivity index (χ0v) is 11.4. The SMILES string of the molecule is N#Cc1cccc(CC(=O)Cc2ccc(C(F)(F)F)cn2)c1. The third-order valence-electron chi connectivity index (χ3n) is 2.99. The molecule has 0 radical (unpaired) electrons. The summed E-state index contributed by atoms with van der Waals surface area (Å²) in [7, 11) is 0. The van der Waals surface area contributed by atoms with Gasteiger partial charge in [0.25, 0.3) is 0 Å². The topological polar surface area (TPSA) is 53.8 Å². The van der Waals surface area contributed by atoms with Crippen molar-refractivity contribution in [3.05, 3.63) is 65.0 Å². The second-order valence-corrected chi connectivity index (χ2v) is 4.74. The van der Waals surface area contributed by atoms with Crippen molar-refractivity contribution in [3.8, 4) is 6.07 Å². The molecule has 0 saturated heterocycles. The lowest BCUT2D eigenvalue weighted by Gasteiger charge is -2.06. The molecule has 0 saturated carbocycles. The Kier molecular flexibility index (Phi) is 4.56. The van der Waals surface area contributed by atoms with Gasteiger partial charge in [-0.2, -0.15) is 18.4 Å². The molecule has 112 valence electrons. The molecule has 0 aliphatic rings. The third-order valence-corrected chi connectivity index (χ3v) is 2.99. The molecule has 0 aliphatic carbocycles. The van der Waals surface area contributed by atoms with Crippen LogP contribution in [0.3, 0.4) is 0 Å². The average molecular weight is 304 g/mol. The molecule has 0 aliphatic heterocycles. The fourth-order valence-electron chi connectivity index (χ4n) is 1.94. The molecule has 1 aromatic heterocycles. The van der Waals surface area contributed by atoms with Gasteiger partial charge >= 0.3 is 6.18 Å². The van der Waals surface area contributed by atoms with Gasteiger partial charge in [-0.25, -0.2) is 0 Å². The Bertz CT molecular complexity index is 715. The van der Waals surface area contributed by atoms with Crippen molar-refractivity contribution in [1.29, 1.82) is 5.26 Å². The Morgan fingerprint density at radius 3 is 2.55 bits per heavy atom. The summed E-state index contributed by atoms with van der Waals surface area (Å²) in [5.41, 5.74) is 0.591. The van der Waals surface area contributed by atoms with Gasteiger partial charge < -0.3 is 0 Å². The van der Waals surface area contributed by atoms with Gasteiger partial charge in [-0.1, -0.05) is 12.1 Å². The predicted octanol–water partition coefficient (Wildman–Crippen LogP) is 3.33. The zero-order valence-electron chi connectivity index (χ0n) is 11.4. The number of halogens is 3. The summed E-state index contributed by atoms with van der Waals surface area (Å²) in [4.78, 5) is 15.6. The average Bonchev–Trinajstić information content (AvgIpc) is 2.47. The first-order chi connectivity index (χ1) is 10.4. The third kappa shape index (κ3) is 4.16. The highest BCUT2D eigenvalue weighted by Crippen LogP contribution is 2.28. The fraction of sp³-hybridized carbons (Fsp3) is 0.188. The minimum atomic E-state index is -4.44. The Hall–Kier alpha value is -2.68. The lowest BCUT2D eigenvalue weighted by Crippen LogP contribution is -2.10. The Balaban J connectivity index is 2.01. The summed E-state index contributed by atoms with van der Waals surface area (Å²) in [5.74, 6) is -0.178. The van der Waals surface area contributed by atoms with E-state index in [-0.39, 0.29) is 24.3 Å². The minimum absolute atomic E-state index is 0.0467. The van der Waals surface area contributed by atoms with E-state index in [1.165, 1.54) is 6.07 Å². The van der Waals surface area contributed by atoms with E-state index in [1.54, 1.807) is 24.3 Å². The summed E-state index contributed by atoms with van der Waals surface area (Å²) in [5, 5.41) is 8.79. The number of aromatic nitrogens is 1. The molecule has 0 unspecified atom stereocenters. The van der Waals surface area contributed by atoms with Crippen LogP contribution in [0.25, 0.3) is 0 Å². The van der Waals surface area contributed by atoms with Gasteiger partial charge in [-0.3, -0.25) is 9.78 Å². The van der Waals surface area contributed by atoms with E-state index in [9.17, 15) is 18.0 Å². The molecule has 22 heavy (non-hydrogen) atoms. The standard InChI is InChI=1S/C16H11F3N2O/c17-16(18,19)13-4-5-14(21-10-13)8-15(22)7-11-2-1-3-12(6-11)9-20/h1-6,10H,7-8H2. The maximum Gasteiger partial charge on any atom is 0.417 e. The van der Waals surface area contributed by atoms with E-state index in [2.05, 4.69) is 4.98 Å². The molecule has 0 bridgehead atoms. The van der Waals surface area contributed by atoms with Crippen molar-refractivity contribution in [2.75, 3.05) is 0 Å². The van der Waals surface area contributed by atoms with E-state index in [0.29, 0.717) is 11.1 Å². The molecule has 6 heteroatoms. The van der Waals surface area contributed by atoms with Gasteiger partial charge in [0.1, 0.15) is 5.78 Å². The van der Waals surface area contributed by atoms with Crippen molar-refractivity contribution >= 4 is 5.78 Å². The number of hydrogen-bond donors (Lipinski definition) is 0. The maximum absolute atomic E-state index is 12.4. The van der Waals surface area contributed by atoms with Crippen LogP contribution in [0.2, 0.25) is 0 Å². The van der Waals surface area contributed by atoms with Crippen LogP contribution in [0.1, 0.15) is 22.4 Å². The fourth-order valence-corrected chi connectivity index (χ4v) is 1.94. The number of carbonyl (C=O) groups is 1. The molecule has 1 aromatic carbocycles. The molecular weight excluding hydrogens is 293 g/mol. The van der Waals surface area contributed by atoms with Crippen molar-refractivity contribution in [1.82, 2.24) is 4.98 Å². The summed E-state index contributed by atoms with van der Waals surface area (Å²) in [6.07, 6.45) is -3.65. The number of alkyl halides is 3. The van der Waals surface area contributed by atoms with Crippen molar-refractivity contribution < 1.29 is 18.0 Å². The number of hydrogen-bond acceptors (Lipinski definition) is 3. The van der Waals surface area contributed by atoms with Crippen LogP contribution in [0, 0.1) is 11.3 Å². The van der Waals surface area contributed by atoms with E-state index in [1.807, 2.05) is 6.07 Å². The Labute approximate surface area is 125 Å². The van der Waals surface area contributed by atoms with Gasteiger partial charge in [0, 0.05) is 24.7 Å². The molecule has 0 spiro atoms. The monoisotopic (exact) mass is 304 g/mol. The van der Waals surface area contributed by atoms with Crippen LogP contribution >= 0.6 is 0 Å². The number of nitrogens with zero attached hydrogens (tertiary/aromatic N) is 2. The number of carbonyl (C=O) groups excluding carboxylic acids is 1. The number of rotatable bonds is 4. The molecule has 1 heterocycles. The Morgan fingerprint density at radius 1 is 1.18 bits per heavy atom. The highest BCUT2D eigenvalue weighted by Gasteiger charge is 2.30. The Morgan fingerprint density at radius 2 is 1.95 bits per heavy atom. The predicted molar refractivity (Wildman–Crippen MR) is 72.8 cm³/mol. The second-order valence-electron chi connectivity index (χ2n) is 4.74. The van der Waals surface area contributed by atoms with E-state index >= 15 is 0 Å². The molecular formula is C16H11F3N2O. The van der Waals surface area contributed by atoms with Crippen LogP contribution in [-0.4, -0.2) is 10.8 Å². The number of nitriles is 1. The highest BCUT2D eigenvalue weighted by molar-refractivity contribution is 5.82. The van der Waals surface area contributed by atoms with Gasteiger partial charge in [0.2, 0.25) is 0 Å². The van der Waals surface area contributed by atoms with Crippen LogP contribution < -0.4 is 0 Å². The smallest absolute Gasteiger partial charge is 0.299 e. The first kappa shape index (κ1) is 15.7. The van der Waals surface area contributed by atoms with E-state index < -0.39 is 11.7 Å². The summed E-state index contributed by atoms with van der Waals surface area (Å²) < 4.78 is 37.2. The maximum atomic E-state index is 12.4. The molecule has 0 amide bonds. The molecule has 2 rings (SSSR count). The number of ketones is 1. The first-order valence-corrected chi connectivity index (χ1v) is 6.41. The van der Waals surface area contributed by atoms with Crippen LogP contribution in [0.5, 0.6) is 0 Å². The molecule has 0 atom stereocenters. The van der Waals surface area contributed by atoms with Crippen molar-refractivity contribution in [2.45, 2.75) is 19.0 Å². The summed E-state index contributed by atoms with van der Waals surface area (Å²) in [6.45, 7) is 0. The lowest BCUT2D eigenvalue weighted by molar-refractivity contribution is -0.137. The molecule has 3 nitrogen and oxygen atoms in total. The van der Waals surface area contributed by atoms with Gasteiger partial charge in [-0.15, -0.1) is 0 Å². The summed E-state index contributed by atoms with van der Waals surface area (Å²) in [6, 6.07) is 10.7. The first-order valence-electron chi connectivity index (χ1n) is 6.41. The number of benzene rings is 1. The lowest BCUT2D eigenvalue weighted by atomic mass is 10.0. The van der Waals surface area contributed by atoms with Gasteiger partial charge in [-0.05, 0) is 29.8 Å². The number of pyridine rings is 1. The van der Waals surface area contributed by atoms with Crippen LogP contribution in [0.4, 0.5) is 13.2 Å². The highest BCUT2D eigenvalue weighted by atomic mass is 19.4. The summed E-state index contributed by atoms with van der Waals surface area (Å²) >= 11 is 0. The molecule has 0 N–H and O–H groups in total. The number of Topliss-reactive ketones (excluding diaryl/α,β-unsaturated/α-hetero) is 1.